The van der Waals surface area contributed by atoms with Crippen molar-refractivity contribution in [3.8, 4) is 40.3 Å². The molecule has 11 heteroatoms. The molecule has 4 aromatic rings. The third kappa shape index (κ3) is 5.77. The fourth-order valence-corrected chi connectivity index (χ4v) is 6.64. The standard InChI is InChI=1S/C35H39N7O4/c1-6-30(44)42-15-13-24(17-25(42)18-43)41-19-35(3,20-41)14-12-26-31(32-33(36)37-21-38-34(32)40(26)4)23-10-11-27(28(16-23)45-5)46-29-9-7-8-22(2)39-29/h6-11,16,21,24-25,43H,1,13,15,17-20H2,2-5H3,(H2,36,37,38)/t24?,25-/m0/s1. The minimum atomic E-state index is -0.232. The molecule has 3 N–H and O–H groups in total. The Kier molecular flexibility index (Phi) is 8.42. The first-order chi connectivity index (χ1) is 22.1. The van der Waals surface area contributed by atoms with E-state index in [0.717, 1.165) is 53.8 Å². The van der Waals surface area contributed by atoms with E-state index in [-0.39, 0.29) is 30.0 Å². The summed E-state index contributed by atoms with van der Waals surface area (Å²) in [5, 5.41) is 10.7. The van der Waals surface area contributed by atoms with Crippen molar-refractivity contribution >= 4 is 22.8 Å². The molecule has 1 aromatic carbocycles. The van der Waals surface area contributed by atoms with Gasteiger partial charge in [0.15, 0.2) is 11.5 Å². The second kappa shape index (κ2) is 12.5. The number of ether oxygens (including phenoxy) is 2. The Morgan fingerprint density at radius 2 is 2.04 bits per heavy atom. The van der Waals surface area contributed by atoms with Crippen molar-refractivity contribution in [1.29, 1.82) is 0 Å². The largest absolute Gasteiger partial charge is 0.493 e. The van der Waals surface area contributed by atoms with E-state index in [2.05, 4.69) is 45.2 Å². The van der Waals surface area contributed by atoms with E-state index in [4.69, 9.17) is 15.2 Å². The second-order valence-electron chi connectivity index (χ2n) is 12.3. The number of aryl methyl sites for hydroxylation is 2. The Balaban J connectivity index is 1.29. The number of nitrogens with zero attached hydrogens (tertiary/aromatic N) is 6. The van der Waals surface area contributed by atoms with Crippen LogP contribution in [0, 0.1) is 24.2 Å². The number of methoxy groups -OCH3 is 1. The minimum absolute atomic E-state index is 0.0580. The Morgan fingerprint density at radius 1 is 1.24 bits per heavy atom. The summed E-state index contributed by atoms with van der Waals surface area (Å²) in [6.45, 7) is 9.83. The number of carbonyl (C=O) groups is 1. The topological polar surface area (TPSA) is 132 Å². The lowest BCUT2D eigenvalue weighted by Crippen LogP contribution is -2.62. The van der Waals surface area contributed by atoms with Crippen molar-refractivity contribution < 1.29 is 19.4 Å². The number of rotatable bonds is 7. The van der Waals surface area contributed by atoms with Gasteiger partial charge in [0, 0.05) is 50.0 Å². The molecule has 46 heavy (non-hydrogen) atoms. The van der Waals surface area contributed by atoms with Crippen LogP contribution in [0.1, 0.15) is 31.2 Å². The van der Waals surface area contributed by atoms with Crippen LogP contribution in [0.3, 0.4) is 0 Å². The third-order valence-electron chi connectivity index (χ3n) is 8.99. The fraction of sp³-hybridized carbons (Fsp3) is 0.371. The molecule has 0 saturated carbocycles. The van der Waals surface area contributed by atoms with E-state index in [0.29, 0.717) is 35.4 Å². The van der Waals surface area contributed by atoms with Gasteiger partial charge in [0.2, 0.25) is 11.8 Å². The van der Waals surface area contributed by atoms with Crippen molar-refractivity contribution in [2.75, 3.05) is 39.1 Å². The van der Waals surface area contributed by atoms with Crippen molar-refractivity contribution in [2.24, 2.45) is 12.5 Å². The molecule has 0 bridgehead atoms. The van der Waals surface area contributed by atoms with Gasteiger partial charge in [-0.05, 0) is 62.4 Å². The number of aliphatic hydroxyl groups is 1. The van der Waals surface area contributed by atoms with Crippen molar-refractivity contribution in [2.45, 2.75) is 38.8 Å². The third-order valence-corrected chi connectivity index (χ3v) is 8.99. The Morgan fingerprint density at radius 3 is 2.76 bits per heavy atom. The van der Waals surface area contributed by atoms with Crippen molar-refractivity contribution in [3.63, 3.8) is 0 Å². The lowest BCUT2D eigenvalue weighted by Gasteiger charge is -2.52. The van der Waals surface area contributed by atoms with E-state index in [9.17, 15) is 9.90 Å². The molecule has 0 spiro atoms. The van der Waals surface area contributed by atoms with Gasteiger partial charge in [-0.1, -0.05) is 24.6 Å². The Hall–Kier alpha value is -4.92. The molecule has 2 atom stereocenters. The molecule has 5 heterocycles. The van der Waals surface area contributed by atoms with Crippen LogP contribution in [0.2, 0.25) is 0 Å². The minimum Gasteiger partial charge on any atom is -0.493 e. The number of amides is 1. The summed E-state index contributed by atoms with van der Waals surface area (Å²) in [6.07, 6.45) is 4.36. The van der Waals surface area contributed by atoms with E-state index in [1.165, 1.54) is 12.4 Å². The highest BCUT2D eigenvalue weighted by molar-refractivity contribution is 6.03. The fourth-order valence-electron chi connectivity index (χ4n) is 6.64. The molecule has 1 unspecified atom stereocenters. The summed E-state index contributed by atoms with van der Waals surface area (Å²) in [5.41, 5.74) is 10.2. The number of nitrogen functional groups attached to an aromatic ring is 1. The molecule has 0 aliphatic carbocycles. The van der Waals surface area contributed by atoms with Crippen LogP contribution < -0.4 is 15.2 Å². The van der Waals surface area contributed by atoms with Crippen LogP contribution in [0.5, 0.6) is 17.4 Å². The summed E-state index contributed by atoms with van der Waals surface area (Å²) >= 11 is 0. The lowest BCUT2D eigenvalue weighted by molar-refractivity contribution is -0.133. The number of aromatic nitrogens is 4. The molecular weight excluding hydrogens is 582 g/mol. The SMILES string of the molecule is C=CC(=O)N1CCC(N2CC(C)(C#Cc3c(-c4ccc(Oc5cccc(C)n5)c(OC)c4)c4c(N)ncnc4n3C)C2)C[C@H]1CO. The number of piperidine rings is 1. The summed E-state index contributed by atoms with van der Waals surface area (Å²) in [7, 11) is 3.53. The van der Waals surface area contributed by atoms with Gasteiger partial charge in [0.25, 0.3) is 0 Å². The normalized spacial score (nSPS) is 19.2. The highest BCUT2D eigenvalue weighted by Crippen LogP contribution is 2.41. The first-order valence-corrected chi connectivity index (χ1v) is 15.3. The van der Waals surface area contributed by atoms with Gasteiger partial charge in [0.1, 0.15) is 23.5 Å². The second-order valence-corrected chi connectivity index (χ2v) is 12.3. The number of carbonyl (C=O) groups excluding carboxylic acids is 1. The number of benzene rings is 1. The summed E-state index contributed by atoms with van der Waals surface area (Å²) in [5.74, 6) is 8.83. The number of fused-ring (bicyclic) bond motifs is 1. The summed E-state index contributed by atoms with van der Waals surface area (Å²) in [4.78, 5) is 29.6. The van der Waals surface area contributed by atoms with Gasteiger partial charge in [-0.15, -0.1) is 0 Å². The molecule has 2 aliphatic heterocycles. The van der Waals surface area contributed by atoms with Gasteiger partial charge in [-0.3, -0.25) is 9.69 Å². The van der Waals surface area contributed by atoms with E-state index in [1.54, 1.807) is 18.1 Å². The number of likely N-dealkylation sites (tertiary alicyclic amines) is 2. The lowest BCUT2D eigenvalue weighted by atomic mass is 9.79. The average Bonchev–Trinajstić information content (AvgIpc) is 3.34. The molecule has 2 fully saturated rings. The zero-order valence-corrected chi connectivity index (χ0v) is 26.7. The average molecular weight is 622 g/mol. The number of aliphatic hydroxyl groups excluding tert-OH is 1. The number of nitrogens with two attached hydrogens (primary N) is 1. The van der Waals surface area contributed by atoms with E-state index in [1.807, 2.05) is 48.9 Å². The smallest absolute Gasteiger partial charge is 0.246 e. The highest BCUT2D eigenvalue weighted by Gasteiger charge is 2.43. The van der Waals surface area contributed by atoms with E-state index < -0.39 is 0 Å². The molecule has 3 aromatic heterocycles. The summed E-state index contributed by atoms with van der Waals surface area (Å²) in [6, 6.07) is 11.4. The predicted molar refractivity (Wildman–Crippen MR) is 176 cm³/mol. The molecular formula is C35H39N7O4. The Labute approximate surface area is 268 Å². The first kappa shape index (κ1) is 31.1. The van der Waals surface area contributed by atoms with Crippen LogP contribution in [0.25, 0.3) is 22.2 Å². The maximum absolute atomic E-state index is 12.2. The van der Waals surface area contributed by atoms with Crippen LogP contribution in [-0.2, 0) is 11.8 Å². The summed E-state index contributed by atoms with van der Waals surface area (Å²) < 4.78 is 13.8. The van der Waals surface area contributed by atoms with Crippen LogP contribution in [0.4, 0.5) is 5.82 Å². The van der Waals surface area contributed by atoms with Gasteiger partial charge < -0.3 is 29.8 Å². The zero-order chi connectivity index (χ0) is 32.6. The van der Waals surface area contributed by atoms with Gasteiger partial charge in [0.05, 0.1) is 30.6 Å². The Bertz CT molecular complexity index is 1870. The molecule has 1 amide bonds. The van der Waals surface area contributed by atoms with E-state index >= 15 is 0 Å². The quantitative estimate of drug-likeness (QED) is 0.233. The zero-order valence-electron chi connectivity index (χ0n) is 26.7. The van der Waals surface area contributed by atoms with Crippen LogP contribution in [0.15, 0.2) is 55.4 Å². The maximum atomic E-state index is 12.2. The molecule has 11 nitrogen and oxygen atoms in total. The molecule has 238 valence electrons. The first-order valence-electron chi connectivity index (χ1n) is 15.3. The van der Waals surface area contributed by atoms with Crippen molar-refractivity contribution in [3.05, 3.63) is 66.8 Å². The number of pyridine rings is 1. The monoisotopic (exact) mass is 621 g/mol. The molecule has 0 radical (unpaired) electrons. The highest BCUT2D eigenvalue weighted by atomic mass is 16.5. The number of anilines is 1. The van der Waals surface area contributed by atoms with Gasteiger partial charge >= 0.3 is 0 Å². The van der Waals surface area contributed by atoms with Crippen LogP contribution >= 0.6 is 0 Å². The van der Waals surface area contributed by atoms with Gasteiger partial charge in [-0.2, -0.15) is 0 Å². The molecule has 2 aliphatic rings. The van der Waals surface area contributed by atoms with Crippen LogP contribution in [-0.4, -0.2) is 85.8 Å². The molecule has 6 rings (SSSR count). The maximum Gasteiger partial charge on any atom is 0.246 e. The number of hydrogen-bond donors (Lipinski definition) is 2. The van der Waals surface area contributed by atoms with Crippen molar-refractivity contribution in [1.82, 2.24) is 29.3 Å². The number of hydrogen-bond acceptors (Lipinski definition) is 9. The molecule has 2 saturated heterocycles. The predicted octanol–water partition coefficient (Wildman–Crippen LogP) is 3.93. The van der Waals surface area contributed by atoms with Gasteiger partial charge in [-0.25, -0.2) is 15.0 Å².